The zero-order valence-electron chi connectivity index (χ0n) is 23.3. The number of carbonyl (C=O) groups excluding carboxylic acids is 1. The van der Waals surface area contributed by atoms with Crippen molar-refractivity contribution >= 4 is 21.6 Å². The maximum atomic E-state index is 13.6. The number of hydrogen-bond donors (Lipinski definition) is 1. The molecular formula is C32H36N4O3S. The smallest absolute Gasteiger partial charge is 0.241 e. The molecule has 7 nitrogen and oxygen atoms in total. The molecule has 0 fully saturated rings. The second-order valence-electron chi connectivity index (χ2n) is 10.5. The normalized spacial score (nSPS) is 14.7. The lowest BCUT2D eigenvalue weighted by Crippen LogP contribution is -2.31. The van der Waals surface area contributed by atoms with E-state index in [1.165, 1.54) is 0 Å². The van der Waals surface area contributed by atoms with Crippen LogP contribution in [0.4, 0.5) is 5.69 Å². The van der Waals surface area contributed by atoms with Crippen LogP contribution in [0.3, 0.4) is 0 Å². The molecule has 0 bridgehead atoms. The predicted octanol–water partition coefficient (Wildman–Crippen LogP) is 5.42. The Hall–Kier alpha value is -3.75. The van der Waals surface area contributed by atoms with Crippen molar-refractivity contribution < 1.29 is 13.2 Å². The molecule has 1 atom stereocenters. The summed E-state index contributed by atoms with van der Waals surface area (Å²) < 4.78 is 31.2. The van der Waals surface area contributed by atoms with Crippen molar-refractivity contribution in [2.75, 3.05) is 4.90 Å². The molecule has 0 saturated heterocycles. The Kier molecular flexibility index (Phi) is 8.19. The van der Waals surface area contributed by atoms with Gasteiger partial charge in [0, 0.05) is 30.9 Å². The minimum Gasteiger partial charge on any atom is -0.306 e. The SMILES string of the molecule is CCc1ccc(S(=O)(=O)NC2CCc3ccc(N(Cc4cc(C)n(C)n4)C(=O)CCc4ccccc4)cc32)cc1. The molecule has 8 heteroatoms. The van der Waals surface area contributed by atoms with Crippen molar-refractivity contribution in [2.45, 2.75) is 63.4 Å². The minimum atomic E-state index is -3.69. The van der Waals surface area contributed by atoms with Crippen LogP contribution >= 0.6 is 0 Å². The Bertz CT molecular complexity index is 1580. The fraction of sp³-hybridized carbons (Fsp3) is 0.312. The van der Waals surface area contributed by atoms with Crippen LogP contribution in [0.25, 0.3) is 0 Å². The standard InChI is InChI=1S/C32H36N4O3S/c1-4-24-10-16-29(17-11-24)40(38,39)34-31-18-14-26-13-15-28(21-30(26)31)36(22-27-20-23(2)35(3)33-27)32(37)19-12-25-8-6-5-7-9-25/h5-11,13,15-17,20-21,31,34H,4,12,14,18-19,22H2,1-3H3. The van der Waals surface area contributed by atoms with Crippen LogP contribution in [-0.4, -0.2) is 24.1 Å². The van der Waals surface area contributed by atoms with E-state index in [1.807, 2.05) is 92.3 Å². The van der Waals surface area contributed by atoms with Crippen molar-refractivity contribution in [3.05, 3.63) is 113 Å². The number of sulfonamides is 1. The van der Waals surface area contributed by atoms with Gasteiger partial charge in [-0.2, -0.15) is 5.10 Å². The van der Waals surface area contributed by atoms with E-state index in [2.05, 4.69) is 9.82 Å². The molecule has 0 spiro atoms. The molecule has 3 aromatic carbocycles. The lowest BCUT2D eigenvalue weighted by Gasteiger charge is -2.24. The third kappa shape index (κ3) is 6.18. The lowest BCUT2D eigenvalue weighted by atomic mass is 10.1. The molecule has 1 aromatic heterocycles. The van der Waals surface area contributed by atoms with E-state index in [4.69, 9.17) is 0 Å². The summed E-state index contributed by atoms with van der Waals surface area (Å²) >= 11 is 0. The van der Waals surface area contributed by atoms with E-state index in [0.717, 1.165) is 52.2 Å². The molecule has 40 heavy (non-hydrogen) atoms. The molecule has 5 rings (SSSR count). The summed E-state index contributed by atoms with van der Waals surface area (Å²) in [7, 11) is -1.80. The summed E-state index contributed by atoms with van der Waals surface area (Å²) in [5, 5.41) is 4.59. The number of aryl methyl sites for hydroxylation is 5. The maximum absolute atomic E-state index is 13.6. The van der Waals surface area contributed by atoms with Gasteiger partial charge < -0.3 is 4.90 Å². The van der Waals surface area contributed by atoms with Crippen molar-refractivity contribution in [3.8, 4) is 0 Å². The Balaban J connectivity index is 1.41. The van der Waals surface area contributed by atoms with Crippen LogP contribution in [0.2, 0.25) is 0 Å². The van der Waals surface area contributed by atoms with E-state index in [1.54, 1.807) is 17.0 Å². The van der Waals surface area contributed by atoms with Crippen molar-refractivity contribution in [1.29, 1.82) is 0 Å². The summed E-state index contributed by atoms with van der Waals surface area (Å²) in [5.41, 5.74) is 6.80. The molecule has 1 amide bonds. The molecule has 0 aliphatic heterocycles. The van der Waals surface area contributed by atoms with Gasteiger partial charge in [0.1, 0.15) is 0 Å². The number of aromatic nitrogens is 2. The topological polar surface area (TPSA) is 84.3 Å². The van der Waals surface area contributed by atoms with Gasteiger partial charge in [0.05, 0.1) is 17.1 Å². The van der Waals surface area contributed by atoms with E-state index in [0.29, 0.717) is 25.8 Å². The number of fused-ring (bicyclic) bond motifs is 1. The second-order valence-corrected chi connectivity index (χ2v) is 12.2. The number of rotatable bonds is 10. The summed E-state index contributed by atoms with van der Waals surface area (Å²) in [5.74, 6) is -0.00162. The summed E-state index contributed by atoms with van der Waals surface area (Å²) in [6, 6.07) is 24.6. The average Bonchev–Trinajstić information content (AvgIpc) is 3.51. The Morgan fingerprint density at radius 3 is 2.45 bits per heavy atom. The third-order valence-electron chi connectivity index (χ3n) is 7.71. The lowest BCUT2D eigenvalue weighted by molar-refractivity contribution is -0.118. The number of nitrogens with zero attached hydrogens (tertiary/aromatic N) is 3. The van der Waals surface area contributed by atoms with Gasteiger partial charge >= 0.3 is 0 Å². The van der Waals surface area contributed by atoms with Gasteiger partial charge in [-0.15, -0.1) is 0 Å². The summed E-state index contributed by atoms with van der Waals surface area (Å²) in [4.78, 5) is 15.7. The van der Waals surface area contributed by atoms with Crippen LogP contribution < -0.4 is 9.62 Å². The van der Waals surface area contributed by atoms with Crippen LogP contribution in [0.5, 0.6) is 0 Å². The highest BCUT2D eigenvalue weighted by Crippen LogP contribution is 2.36. The van der Waals surface area contributed by atoms with Gasteiger partial charge in [-0.25, -0.2) is 13.1 Å². The van der Waals surface area contributed by atoms with Gasteiger partial charge in [0.15, 0.2) is 0 Å². The fourth-order valence-electron chi connectivity index (χ4n) is 5.27. The minimum absolute atomic E-state index is 0.00162. The number of anilines is 1. The first kappa shape index (κ1) is 27.8. The molecule has 1 heterocycles. The van der Waals surface area contributed by atoms with Crippen LogP contribution in [0, 0.1) is 6.92 Å². The fourth-order valence-corrected chi connectivity index (χ4v) is 6.52. The molecule has 208 valence electrons. The molecule has 0 saturated carbocycles. The molecule has 1 N–H and O–H groups in total. The first-order chi connectivity index (χ1) is 19.2. The van der Waals surface area contributed by atoms with Gasteiger partial charge in [0.2, 0.25) is 15.9 Å². The molecule has 1 aliphatic rings. The number of hydrogen-bond acceptors (Lipinski definition) is 4. The second kappa shape index (κ2) is 11.8. The highest BCUT2D eigenvalue weighted by atomic mass is 32.2. The quantitative estimate of drug-likeness (QED) is 0.283. The van der Waals surface area contributed by atoms with Crippen molar-refractivity contribution in [3.63, 3.8) is 0 Å². The summed E-state index contributed by atoms with van der Waals surface area (Å²) in [6.45, 7) is 4.37. The molecule has 4 aromatic rings. The monoisotopic (exact) mass is 556 g/mol. The highest BCUT2D eigenvalue weighted by molar-refractivity contribution is 7.89. The molecular weight excluding hydrogens is 520 g/mol. The van der Waals surface area contributed by atoms with E-state index < -0.39 is 10.0 Å². The van der Waals surface area contributed by atoms with Crippen LogP contribution in [0.15, 0.2) is 83.8 Å². The van der Waals surface area contributed by atoms with Crippen molar-refractivity contribution in [1.82, 2.24) is 14.5 Å². The van der Waals surface area contributed by atoms with Crippen molar-refractivity contribution in [2.24, 2.45) is 7.05 Å². The first-order valence-electron chi connectivity index (χ1n) is 13.8. The van der Waals surface area contributed by atoms with Crippen LogP contribution in [-0.2, 0) is 47.7 Å². The molecule has 1 unspecified atom stereocenters. The Labute approximate surface area is 236 Å². The van der Waals surface area contributed by atoms with Crippen LogP contribution in [0.1, 0.15) is 59.4 Å². The Morgan fingerprint density at radius 1 is 1.02 bits per heavy atom. The van der Waals surface area contributed by atoms with E-state index in [-0.39, 0.29) is 16.8 Å². The zero-order chi connectivity index (χ0) is 28.3. The maximum Gasteiger partial charge on any atom is 0.241 e. The molecule has 0 radical (unpaired) electrons. The average molecular weight is 557 g/mol. The van der Waals surface area contributed by atoms with Gasteiger partial charge in [-0.05, 0) is 85.2 Å². The highest BCUT2D eigenvalue weighted by Gasteiger charge is 2.29. The van der Waals surface area contributed by atoms with Gasteiger partial charge in [-0.3, -0.25) is 9.48 Å². The zero-order valence-corrected chi connectivity index (χ0v) is 24.1. The van der Waals surface area contributed by atoms with Gasteiger partial charge in [0.25, 0.3) is 0 Å². The predicted molar refractivity (Wildman–Crippen MR) is 158 cm³/mol. The number of carbonyl (C=O) groups is 1. The van der Waals surface area contributed by atoms with E-state index in [9.17, 15) is 13.2 Å². The number of nitrogens with one attached hydrogen (secondary N) is 1. The third-order valence-corrected chi connectivity index (χ3v) is 9.20. The Morgan fingerprint density at radius 2 is 1.77 bits per heavy atom. The van der Waals surface area contributed by atoms with Gasteiger partial charge in [-0.1, -0.05) is 55.5 Å². The molecule has 1 aliphatic carbocycles. The number of amides is 1. The first-order valence-corrected chi connectivity index (χ1v) is 15.3. The van der Waals surface area contributed by atoms with E-state index >= 15 is 0 Å². The largest absolute Gasteiger partial charge is 0.306 e. The summed E-state index contributed by atoms with van der Waals surface area (Å²) in [6.07, 6.45) is 3.30. The number of benzene rings is 3.